The Balaban J connectivity index is 1.83. The molecule has 0 unspecified atom stereocenters. The molecule has 0 aliphatic rings. The van der Waals surface area contributed by atoms with Crippen molar-refractivity contribution in [2.24, 2.45) is 0 Å². The Morgan fingerprint density at radius 1 is 1.16 bits per heavy atom. The van der Waals surface area contributed by atoms with E-state index in [0.29, 0.717) is 18.9 Å². The minimum atomic E-state index is 0.608. The van der Waals surface area contributed by atoms with E-state index in [1.165, 1.54) is 0 Å². The van der Waals surface area contributed by atoms with Gasteiger partial charge in [-0.05, 0) is 36.4 Å². The fraction of sp³-hybridized carbons (Fsp3) is 0.211. The number of imidazole rings is 1. The number of fused-ring (bicyclic) bond motifs is 2. The van der Waals surface area contributed by atoms with Crippen LogP contribution in [0.15, 0.2) is 53.1 Å². The van der Waals surface area contributed by atoms with Crippen LogP contribution >= 0.6 is 0 Å². The van der Waals surface area contributed by atoms with Crippen LogP contribution in [0.1, 0.15) is 0 Å². The summed E-state index contributed by atoms with van der Waals surface area (Å²) < 4.78 is 18.5. The van der Waals surface area contributed by atoms with Crippen molar-refractivity contribution in [2.45, 2.75) is 0 Å². The quantitative estimate of drug-likeness (QED) is 0.542. The van der Waals surface area contributed by atoms with Gasteiger partial charge in [0.15, 0.2) is 5.76 Å². The van der Waals surface area contributed by atoms with Gasteiger partial charge >= 0.3 is 0 Å². The zero-order valence-corrected chi connectivity index (χ0v) is 14.2. The van der Waals surface area contributed by atoms with E-state index in [-0.39, 0.29) is 0 Å². The standard InChI is InChI=1S/C19H19N3O3/c1-23-10-8-20-19-18(21-17-5-3-4-9-22(17)19)16-12-13-11-14(24-2)6-7-15(13)25-16/h3-7,9,11-12,20H,8,10H2,1-2H3. The number of nitrogens with one attached hydrogen (secondary N) is 1. The molecule has 0 aliphatic carbocycles. The molecule has 25 heavy (non-hydrogen) atoms. The number of anilines is 1. The van der Waals surface area contributed by atoms with E-state index in [4.69, 9.17) is 18.9 Å². The molecule has 0 radical (unpaired) electrons. The summed E-state index contributed by atoms with van der Waals surface area (Å²) in [4.78, 5) is 4.73. The Labute approximate surface area is 145 Å². The maximum absolute atomic E-state index is 6.03. The van der Waals surface area contributed by atoms with Crippen molar-refractivity contribution in [1.82, 2.24) is 9.38 Å². The highest BCUT2D eigenvalue weighted by molar-refractivity contribution is 5.86. The lowest BCUT2D eigenvalue weighted by Crippen LogP contribution is -2.09. The van der Waals surface area contributed by atoms with Gasteiger partial charge in [-0.1, -0.05) is 6.07 Å². The van der Waals surface area contributed by atoms with E-state index in [1.807, 2.05) is 53.1 Å². The molecule has 4 rings (SSSR count). The highest BCUT2D eigenvalue weighted by atomic mass is 16.5. The maximum atomic E-state index is 6.03. The average Bonchev–Trinajstić information content (AvgIpc) is 3.22. The van der Waals surface area contributed by atoms with Crippen LogP contribution in [0.2, 0.25) is 0 Å². The van der Waals surface area contributed by atoms with Gasteiger partial charge in [-0.15, -0.1) is 0 Å². The fourth-order valence-corrected chi connectivity index (χ4v) is 2.87. The summed E-state index contributed by atoms with van der Waals surface area (Å²) in [5.74, 6) is 2.40. The van der Waals surface area contributed by atoms with Crippen molar-refractivity contribution in [3.05, 3.63) is 48.7 Å². The highest BCUT2D eigenvalue weighted by Gasteiger charge is 2.17. The number of aromatic nitrogens is 2. The van der Waals surface area contributed by atoms with Crippen LogP contribution in [-0.4, -0.2) is 36.8 Å². The number of hydrogen-bond acceptors (Lipinski definition) is 5. The molecule has 0 spiro atoms. The Morgan fingerprint density at radius 3 is 2.92 bits per heavy atom. The van der Waals surface area contributed by atoms with Crippen LogP contribution in [-0.2, 0) is 4.74 Å². The zero-order chi connectivity index (χ0) is 17.2. The third kappa shape index (κ3) is 2.81. The highest BCUT2D eigenvalue weighted by Crippen LogP contribution is 2.34. The molecule has 1 N–H and O–H groups in total. The van der Waals surface area contributed by atoms with Crippen molar-refractivity contribution in [1.29, 1.82) is 0 Å². The van der Waals surface area contributed by atoms with Crippen molar-refractivity contribution in [3.63, 3.8) is 0 Å². The van der Waals surface area contributed by atoms with Crippen LogP contribution < -0.4 is 10.1 Å². The summed E-state index contributed by atoms with van der Waals surface area (Å²) >= 11 is 0. The van der Waals surface area contributed by atoms with Crippen molar-refractivity contribution in [3.8, 4) is 17.2 Å². The first-order chi connectivity index (χ1) is 12.3. The molecule has 0 amide bonds. The van der Waals surface area contributed by atoms with E-state index >= 15 is 0 Å². The molecular formula is C19H19N3O3. The molecule has 4 aromatic rings. The van der Waals surface area contributed by atoms with Crippen LogP contribution in [0.25, 0.3) is 28.1 Å². The molecule has 0 aliphatic heterocycles. The topological polar surface area (TPSA) is 60.9 Å². The third-order valence-corrected chi connectivity index (χ3v) is 4.09. The number of furan rings is 1. The van der Waals surface area contributed by atoms with Crippen molar-refractivity contribution < 1.29 is 13.9 Å². The largest absolute Gasteiger partial charge is 0.497 e. The SMILES string of the molecule is COCCNc1c(-c2cc3cc(OC)ccc3o2)nc2ccccn12. The van der Waals surface area contributed by atoms with Gasteiger partial charge in [0, 0.05) is 25.2 Å². The molecule has 0 atom stereocenters. The molecule has 3 heterocycles. The molecule has 3 aromatic heterocycles. The summed E-state index contributed by atoms with van der Waals surface area (Å²) in [5.41, 5.74) is 2.43. The van der Waals surface area contributed by atoms with Gasteiger partial charge < -0.3 is 19.2 Å². The number of benzene rings is 1. The Hall–Kier alpha value is -2.99. The van der Waals surface area contributed by atoms with Crippen molar-refractivity contribution >= 4 is 22.4 Å². The number of rotatable bonds is 6. The minimum absolute atomic E-state index is 0.608. The van der Waals surface area contributed by atoms with E-state index in [2.05, 4.69) is 5.32 Å². The number of methoxy groups -OCH3 is 2. The number of ether oxygens (including phenoxy) is 2. The maximum Gasteiger partial charge on any atom is 0.157 e. The Kier molecular flexibility index (Phi) is 4.03. The van der Waals surface area contributed by atoms with Gasteiger partial charge in [0.05, 0.1) is 13.7 Å². The lowest BCUT2D eigenvalue weighted by molar-refractivity contribution is 0.210. The summed E-state index contributed by atoms with van der Waals surface area (Å²) in [7, 11) is 3.34. The first kappa shape index (κ1) is 15.5. The summed E-state index contributed by atoms with van der Waals surface area (Å²) in [5, 5.41) is 4.37. The average molecular weight is 337 g/mol. The van der Waals surface area contributed by atoms with Gasteiger partial charge in [0.2, 0.25) is 0 Å². The number of pyridine rings is 1. The lowest BCUT2D eigenvalue weighted by atomic mass is 10.2. The van der Waals surface area contributed by atoms with Crippen LogP contribution in [0.5, 0.6) is 5.75 Å². The van der Waals surface area contributed by atoms with Gasteiger partial charge in [-0.3, -0.25) is 4.40 Å². The number of nitrogens with zero attached hydrogens (tertiary/aromatic N) is 2. The minimum Gasteiger partial charge on any atom is -0.497 e. The smallest absolute Gasteiger partial charge is 0.157 e. The van der Waals surface area contributed by atoms with E-state index in [9.17, 15) is 0 Å². The first-order valence-corrected chi connectivity index (χ1v) is 8.08. The van der Waals surface area contributed by atoms with Gasteiger partial charge in [0.1, 0.15) is 28.5 Å². The Bertz CT molecular complexity index is 1020. The summed E-state index contributed by atoms with van der Waals surface area (Å²) in [6.07, 6.45) is 1.98. The molecule has 0 fully saturated rings. The zero-order valence-electron chi connectivity index (χ0n) is 14.2. The molecule has 6 nitrogen and oxygen atoms in total. The summed E-state index contributed by atoms with van der Waals surface area (Å²) in [6, 6.07) is 13.6. The van der Waals surface area contributed by atoms with Gasteiger partial charge in [-0.25, -0.2) is 4.98 Å². The molecule has 0 bridgehead atoms. The normalized spacial score (nSPS) is 11.3. The van der Waals surface area contributed by atoms with Gasteiger partial charge in [-0.2, -0.15) is 0 Å². The van der Waals surface area contributed by atoms with E-state index in [0.717, 1.165) is 33.9 Å². The molecule has 1 aromatic carbocycles. The Morgan fingerprint density at radius 2 is 2.08 bits per heavy atom. The second-order valence-corrected chi connectivity index (χ2v) is 5.67. The second kappa shape index (κ2) is 6.49. The molecule has 0 saturated carbocycles. The fourth-order valence-electron chi connectivity index (χ4n) is 2.87. The van der Waals surface area contributed by atoms with Crippen LogP contribution in [0.3, 0.4) is 0 Å². The monoisotopic (exact) mass is 337 g/mol. The lowest BCUT2D eigenvalue weighted by Gasteiger charge is -2.06. The van der Waals surface area contributed by atoms with Gasteiger partial charge in [0.25, 0.3) is 0 Å². The predicted molar refractivity (Wildman–Crippen MR) is 97.3 cm³/mol. The number of hydrogen-bond donors (Lipinski definition) is 1. The van der Waals surface area contributed by atoms with E-state index in [1.54, 1.807) is 14.2 Å². The predicted octanol–water partition coefficient (Wildman–Crippen LogP) is 3.81. The van der Waals surface area contributed by atoms with Crippen molar-refractivity contribution in [2.75, 3.05) is 32.7 Å². The molecular weight excluding hydrogens is 318 g/mol. The third-order valence-electron chi connectivity index (χ3n) is 4.09. The van der Waals surface area contributed by atoms with Crippen LogP contribution in [0.4, 0.5) is 5.82 Å². The second-order valence-electron chi connectivity index (χ2n) is 5.67. The molecule has 128 valence electrons. The molecule has 0 saturated heterocycles. The first-order valence-electron chi connectivity index (χ1n) is 8.08. The van der Waals surface area contributed by atoms with Crippen LogP contribution in [0, 0.1) is 0 Å². The van der Waals surface area contributed by atoms with E-state index < -0.39 is 0 Å². The molecule has 6 heteroatoms. The summed E-state index contributed by atoms with van der Waals surface area (Å²) in [6.45, 7) is 1.29.